The monoisotopic (exact) mass is 384 g/mol. The van der Waals surface area contributed by atoms with Crippen molar-refractivity contribution in [3.8, 4) is 11.5 Å². The maximum absolute atomic E-state index is 6.15. The molecule has 0 aliphatic heterocycles. The Balaban J connectivity index is 1.57. The molecular formula is C20H21ClN4O2. The van der Waals surface area contributed by atoms with Crippen LogP contribution in [-0.2, 0) is 6.42 Å². The molecule has 0 saturated heterocycles. The quantitative estimate of drug-likeness (QED) is 0.594. The van der Waals surface area contributed by atoms with Crippen molar-refractivity contribution >= 4 is 28.9 Å². The first kappa shape index (κ1) is 18.8. The van der Waals surface area contributed by atoms with Crippen LogP contribution in [0.5, 0.6) is 11.5 Å². The predicted octanol–water partition coefficient (Wildman–Crippen LogP) is 4.55. The average Bonchev–Trinajstić information content (AvgIpc) is 2.69. The molecule has 3 aromatic rings. The lowest BCUT2D eigenvalue weighted by atomic mass is 10.1. The van der Waals surface area contributed by atoms with Gasteiger partial charge in [0.25, 0.3) is 0 Å². The van der Waals surface area contributed by atoms with Crippen molar-refractivity contribution in [2.24, 2.45) is 0 Å². The lowest BCUT2D eigenvalue weighted by Crippen LogP contribution is -2.07. The Morgan fingerprint density at radius 1 is 0.926 bits per heavy atom. The van der Waals surface area contributed by atoms with Gasteiger partial charge in [-0.05, 0) is 42.3 Å². The van der Waals surface area contributed by atoms with E-state index >= 15 is 0 Å². The van der Waals surface area contributed by atoms with Crippen molar-refractivity contribution in [3.63, 3.8) is 0 Å². The van der Waals surface area contributed by atoms with Gasteiger partial charge in [0.05, 0.1) is 19.2 Å². The lowest BCUT2D eigenvalue weighted by molar-refractivity contribution is 0.414. The summed E-state index contributed by atoms with van der Waals surface area (Å²) in [7, 11) is 3.25. The summed E-state index contributed by atoms with van der Waals surface area (Å²) in [6.45, 7) is 0.761. The highest BCUT2D eigenvalue weighted by Gasteiger charge is 2.04. The van der Waals surface area contributed by atoms with Crippen LogP contribution in [0, 0.1) is 0 Å². The molecule has 0 atom stereocenters. The second-order valence-electron chi connectivity index (χ2n) is 5.79. The molecule has 0 fully saturated rings. The molecule has 0 amide bonds. The second-order valence-corrected chi connectivity index (χ2v) is 6.19. The molecule has 0 radical (unpaired) electrons. The zero-order valence-electron chi connectivity index (χ0n) is 15.2. The smallest absolute Gasteiger partial charge is 0.137 e. The van der Waals surface area contributed by atoms with Crippen LogP contribution in [0.25, 0.3) is 0 Å². The summed E-state index contributed by atoms with van der Waals surface area (Å²) in [4.78, 5) is 8.50. The van der Waals surface area contributed by atoms with Crippen molar-refractivity contribution < 1.29 is 9.47 Å². The summed E-state index contributed by atoms with van der Waals surface area (Å²) in [5.74, 6) is 2.92. The average molecular weight is 385 g/mol. The molecule has 0 saturated carbocycles. The van der Waals surface area contributed by atoms with Gasteiger partial charge >= 0.3 is 0 Å². The van der Waals surface area contributed by atoms with Gasteiger partial charge < -0.3 is 20.1 Å². The summed E-state index contributed by atoms with van der Waals surface area (Å²) in [5.41, 5.74) is 2.05. The van der Waals surface area contributed by atoms with Crippen LogP contribution >= 0.6 is 11.6 Å². The maximum atomic E-state index is 6.15. The fraction of sp³-hybridized carbons (Fsp3) is 0.200. The molecule has 0 spiro atoms. The Morgan fingerprint density at radius 3 is 2.41 bits per heavy atom. The van der Waals surface area contributed by atoms with Gasteiger partial charge in [0, 0.05) is 18.3 Å². The molecule has 0 unspecified atom stereocenters. The zero-order chi connectivity index (χ0) is 19.1. The van der Waals surface area contributed by atoms with Gasteiger partial charge in [-0.15, -0.1) is 0 Å². The summed E-state index contributed by atoms with van der Waals surface area (Å²) in [5, 5.41) is 7.06. The van der Waals surface area contributed by atoms with Crippen molar-refractivity contribution in [3.05, 3.63) is 65.4 Å². The van der Waals surface area contributed by atoms with Crippen molar-refractivity contribution in [2.45, 2.75) is 6.42 Å². The molecule has 0 aliphatic rings. The SMILES string of the molecule is COc1ccc(CCNc2cc(Nc3ccc(OC)c(Cl)c3)ncn2)cc1. The highest BCUT2D eigenvalue weighted by molar-refractivity contribution is 6.32. The first-order valence-electron chi connectivity index (χ1n) is 8.47. The number of hydrogen-bond acceptors (Lipinski definition) is 6. The molecule has 0 bridgehead atoms. The van der Waals surface area contributed by atoms with Crippen molar-refractivity contribution in [1.82, 2.24) is 9.97 Å². The number of rotatable bonds is 8. The number of benzene rings is 2. The van der Waals surface area contributed by atoms with Crippen molar-refractivity contribution in [1.29, 1.82) is 0 Å². The minimum Gasteiger partial charge on any atom is -0.497 e. The molecule has 3 rings (SSSR count). The minimum atomic E-state index is 0.536. The number of halogens is 1. The highest BCUT2D eigenvalue weighted by Crippen LogP contribution is 2.28. The van der Waals surface area contributed by atoms with E-state index in [1.807, 2.05) is 24.3 Å². The van der Waals surface area contributed by atoms with E-state index in [1.165, 1.54) is 11.9 Å². The molecule has 1 aromatic heterocycles. The Bertz CT molecular complexity index is 887. The summed E-state index contributed by atoms with van der Waals surface area (Å²) in [6, 6.07) is 15.4. The molecule has 0 aliphatic carbocycles. The van der Waals surface area contributed by atoms with E-state index in [-0.39, 0.29) is 0 Å². The summed E-state index contributed by atoms with van der Waals surface area (Å²) < 4.78 is 10.3. The number of nitrogens with one attached hydrogen (secondary N) is 2. The van der Waals surface area contributed by atoms with E-state index < -0.39 is 0 Å². The van der Waals surface area contributed by atoms with Crippen LogP contribution in [-0.4, -0.2) is 30.7 Å². The van der Waals surface area contributed by atoms with Gasteiger partial charge in [-0.3, -0.25) is 0 Å². The third kappa shape index (κ3) is 5.24. The number of ether oxygens (including phenoxy) is 2. The van der Waals surface area contributed by atoms with Crippen molar-refractivity contribution in [2.75, 3.05) is 31.4 Å². The van der Waals surface area contributed by atoms with Crippen LogP contribution in [0.15, 0.2) is 54.9 Å². The topological polar surface area (TPSA) is 68.3 Å². The molecule has 2 aromatic carbocycles. The normalized spacial score (nSPS) is 10.3. The van der Waals surface area contributed by atoms with E-state index in [0.717, 1.165) is 30.2 Å². The predicted molar refractivity (Wildman–Crippen MR) is 109 cm³/mol. The third-order valence-electron chi connectivity index (χ3n) is 3.97. The third-order valence-corrected chi connectivity index (χ3v) is 4.27. The molecule has 6 nitrogen and oxygen atoms in total. The molecule has 7 heteroatoms. The van der Waals surface area contributed by atoms with Crippen LogP contribution < -0.4 is 20.1 Å². The van der Waals surface area contributed by atoms with E-state index in [4.69, 9.17) is 21.1 Å². The number of hydrogen-bond donors (Lipinski definition) is 2. The number of anilines is 3. The van der Waals surface area contributed by atoms with Crippen LogP contribution in [0.2, 0.25) is 5.02 Å². The molecule has 1 heterocycles. The van der Waals surface area contributed by atoms with E-state index in [0.29, 0.717) is 16.6 Å². The Kier molecular flexibility index (Phi) is 6.33. The van der Waals surface area contributed by atoms with Gasteiger partial charge in [-0.25, -0.2) is 9.97 Å². The molecule has 2 N–H and O–H groups in total. The second kappa shape index (κ2) is 9.09. The molecule has 27 heavy (non-hydrogen) atoms. The van der Waals surface area contributed by atoms with Crippen LogP contribution in [0.4, 0.5) is 17.3 Å². The summed E-state index contributed by atoms with van der Waals surface area (Å²) >= 11 is 6.15. The standard InChI is InChI=1S/C20H21ClN4O2/c1-26-16-6-3-14(4-7-16)9-10-22-19-12-20(24-13-23-19)25-15-5-8-18(27-2)17(21)11-15/h3-8,11-13H,9-10H2,1-2H3,(H2,22,23,24,25). The zero-order valence-corrected chi connectivity index (χ0v) is 16.0. The molecule has 140 valence electrons. The largest absolute Gasteiger partial charge is 0.497 e. The number of aromatic nitrogens is 2. The van der Waals surface area contributed by atoms with Gasteiger partial charge in [0.2, 0.25) is 0 Å². The van der Waals surface area contributed by atoms with Gasteiger partial charge in [-0.1, -0.05) is 23.7 Å². The van der Waals surface area contributed by atoms with Gasteiger partial charge in [-0.2, -0.15) is 0 Å². The van der Waals surface area contributed by atoms with Gasteiger partial charge in [0.1, 0.15) is 29.5 Å². The van der Waals surface area contributed by atoms with Crippen LogP contribution in [0.1, 0.15) is 5.56 Å². The Labute approximate surface area is 163 Å². The first-order chi connectivity index (χ1) is 13.2. The first-order valence-corrected chi connectivity index (χ1v) is 8.85. The maximum Gasteiger partial charge on any atom is 0.137 e. The minimum absolute atomic E-state index is 0.536. The Hall–Kier alpha value is -2.99. The number of nitrogens with zero attached hydrogens (tertiary/aromatic N) is 2. The van der Waals surface area contributed by atoms with E-state index in [9.17, 15) is 0 Å². The fourth-order valence-electron chi connectivity index (χ4n) is 2.54. The van der Waals surface area contributed by atoms with E-state index in [1.54, 1.807) is 26.4 Å². The number of methoxy groups -OCH3 is 2. The molecular weight excluding hydrogens is 364 g/mol. The van der Waals surface area contributed by atoms with E-state index in [2.05, 4.69) is 32.7 Å². The fourth-order valence-corrected chi connectivity index (χ4v) is 2.80. The summed E-state index contributed by atoms with van der Waals surface area (Å²) in [6.07, 6.45) is 2.40. The van der Waals surface area contributed by atoms with Gasteiger partial charge in [0.15, 0.2) is 0 Å². The lowest BCUT2D eigenvalue weighted by Gasteiger charge is -2.10. The highest BCUT2D eigenvalue weighted by atomic mass is 35.5. The Morgan fingerprint density at radius 2 is 1.70 bits per heavy atom. The van der Waals surface area contributed by atoms with Crippen LogP contribution in [0.3, 0.4) is 0 Å².